The number of nitro benzene ring substituents is 2. The van der Waals surface area contributed by atoms with Crippen molar-refractivity contribution < 1.29 is 37.3 Å². The number of ether oxygens (including phenoxy) is 2. The van der Waals surface area contributed by atoms with Gasteiger partial charge in [-0.25, -0.2) is 4.79 Å². The van der Waals surface area contributed by atoms with Crippen LogP contribution in [-0.4, -0.2) is 84.1 Å². The highest BCUT2D eigenvalue weighted by molar-refractivity contribution is 7.99. The number of carbonyl (C=O) groups excluding carboxylic acids is 1. The van der Waals surface area contributed by atoms with Crippen molar-refractivity contribution >= 4 is 51.3 Å². The number of hydrogen-bond donors (Lipinski definition) is 0. The van der Waals surface area contributed by atoms with Gasteiger partial charge in [0.25, 0.3) is 5.69 Å². The maximum absolute atomic E-state index is 13.6. The summed E-state index contributed by atoms with van der Waals surface area (Å²) < 4.78 is 51.8. The van der Waals surface area contributed by atoms with Crippen molar-refractivity contribution in [3.63, 3.8) is 0 Å². The Hall–Kier alpha value is -4.93. The van der Waals surface area contributed by atoms with Gasteiger partial charge < -0.3 is 19.3 Å². The Morgan fingerprint density at radius 3 is 2.14 bits per heavy atom. The zero-order valence-corrected chi connectivity index (χ0v) is 28.3. The minimum absolute atomic E-state index is 0.0708. The molecule has 6 rings (SSSR count). The van der Waals surface area contributed by atoms with E-state index in [0.29, 0.717) is 18.8 Å². The molecule has 0 bridgehead atoms. The molecule has 268 valence electrons. The molecule has 51 heavy (non-hydrogen) atoms. The molecule has 2 aliphatic rings. The fourth-order valence-electron chi connectivity index (χ4n) is 6.28. The molecule has 0 spiro atoms. The van der Waals surface area contributed by atoms with Crippen molar-refractivity contribution in [3.05, 3.63) is 98.6 Å². The Morgan fingerprint density at radius 2 is 1.45 bits per heavy atom. The fraction of sp³-hybridized carbons (Fsp3) is 0.343. The molecule has 1 atom stereocenters. The Morgan fingerprint density at radius 1 is 0.824 bits per heavy atom. The number of alkyl halides is 3. The third-order valence-electron chi connectivity index (χ3n) is 8.90. The maximum atomic E-state index is 13.6. The first-order chi connectivity index (χ1) is 24.4. The topological polar surface area (TPSA) is 132 Å². The quantitative estimate of drug-likeness (QED) is 0.0829. The first-order valence-corrected chi connectivity index (χ1v) is 17.1. The second-order valence-corrected chi connectivity index (χ2v) is 13.3. The molecule has 0 aliphatic carbocycles. The van der Waals surface area contributed by atoms with Crippen LogP contribution in [0.25, 0.3) is 10.8 Å². The summed E-state index contributed by atoms with van der Waals surface area (Å²) in [6.45, 7) is 6.25. The Balaban J connectivity index is 0.981. The summed E-state index contributed by atoms with van der Waals surface area (Å²) in [6, 6.07) is 18.5. The summed E-state index contributed by atoms with van der Waals surface area (Å²) in [5.41, 5.74) is -0.282. The molecule has 0 aromatic heterocycles. The third-order valence-corrected chi connectivity index (χ3v) is 10.0. The number of benzene rings is 4. The molecule has 2 heterocycles. The standard InChI is InChI=1S/C35H34F3N5O7S/c1-23(50-33-26-8-3-2-7-25(26)28(42(45)46)22-30(33)43(47)48)34(44)49-20-19-40-17-15-39(16-18-40)13-6-14-41-27-9-4-5-10-31(27)51-32-12-11-24(21-29(32)41)35(36,37)38/h2-5,7-12,21-23H,6,13-20H2,1H3. The number of para-hydroxylation sites is 1. The largest absolute Gasteiger partial charge is 0.471 e. The molecule has 0 amide bonds. The van der Waals surface area contributed by atoms with Gasteiger partial charge in [0, 0.05) is 54.4 Å². The van der Waals surface area contributed by atoms with Gasteiger partial charge in [-0.05, 0) is 56.3 Å². The van der Waals surface area contributed by atoms with Crippen LogP contribution < -0.4 is 9.64 Å². The molecule has 1 saturated heterocycles. The minimum Gasteiger partial charge on any atom is -0.471 e. The van der Waals surface area contributed by atoms with E-state index >= 15 is 0 Å². The van der Waals surface area contributed by atoms with Crippen LogP contribution in [0.3, 0.4) is 0 Å². The maximum Gasteiger partial charge on any atom is 0.416 e. The molecular formula is C35H34F3N5O7S. The van der Waals surface area contributed by atoms with Crippen LogP contribution >= 0.6 is 11.8 Å². The van der Waals surface area contributed by atoms with Crippen LogP contribution in [0.5, 0.6) is 5.75 Å². The van der Waals surface area contributed by atoms with Gasteiger partial charge >= 0.3 is 17.8 Å². The van der Waals surface area contributed by atoms with E-state index in [1.807, 2.05) is 29.2 Å². The number of hydrogen-bond acceptors (Lipinski definition) is 11. The molecule has 0 radical (unpaired) electrons. The molecule has 0 N–H and O–H groups in total. The SMILES string of the molecule is CC(Oc1c([N+](=O)[O-])cc([N+](=O)[O-])c2ccccc12)C(=O)OCCN1CCN(CCCN2c3ccccc3Sc3ccc(C(F)(F)F)cc32)CC1. The average Bonchev–Trinajstić information content (AvgIpc) is 3.11. The number of carbonyl (C=O) groups is 1. The molecule has 2 aliphatic heterocycles. The Bertz CT molecular complexity index is 1960. The van der Waals surface area contributed by atoms with Gasteiger partial charge in [-0.15, -0.1) is 0 Å². The van der Waals surface area contributed by atoms with Crippen molar-refractivity contribution in [2.75, 3.05) is 57.3 Å². The number of fused-ring (bicyclic) bond motifs is 3. The number of nitrogens with zero attached hydrogens (tertiary/aromatic N) is 5. The summed E-state index contributed by atoms with van der Waals surface area (Å²) >= 11 is 1.47. The summed E-state index contributed by atoms with van der Waals surface area (Å²) in [4.78, 5) is 42.8. The van der Waals surface area contributed by atoms with Crippen LogP contribution in [0.2, 0.25) is 0 Å². The summed E-state index contributed by atoms with van der Waals surface area (Å²) in [7, 11) is 0. The summed E-state index contributed by atoms with van der Waals surface area (Å²) in [5.74, 6) is -0.979. The highest BCUT2D eigenvalue weighted by atomic mass is 32.2. The van der Waals surface area contributed by atoms with Crippen LogP contribution in [0.15, 0.2) is 82.6 Å². The lowest BCUT2D eigenvalue weighted by molar-refractivity contribution is -0.393. The Labute approximate surface area is 295 Å². The van der Waals surface area contributed by atoms with Gasteiger partial charge in [-0.1, -0.05) is 42.1 Å². The highest BCUT2D eigenvalue weighted by Gasteiger charge is 2.34. The van der Waals surface area contributed by atoms with Gasteiger partial charge in [0.2, 0.25) is 5.75 Å². The fourth-order valence-corrected chi connectivity index (χ4v) is 7.35. The molecule has 4 aromatic rings. The van der Waals surface area contributed by atoms with E-state index in [-0.39, 0.29) is 23.1 Å². The molecule has 1 unspecified atom stereocenters. The van der Waals surface area contributed by atoms with Gasteiger partial charge in [-0.2, -0.15) is 13.2 Å². The van der Waals surface area contributed by atoms with E-state index in [1.165, 1.54) is 36.9 Å². The number of halogens is 3. The van der Waals surface area contributed by atoms with Gasteiger partial charge in [0.05, 0.1) is 38.2 Å². The molecular weight excluding hydrogens is 691 g/mol. The molecule has 4 aromatic carbocycles. The highest BCUT2D eigenvalue weighted by Crippen LogP contribution is 2.49. The number of rotatable bonds is 12. The lowest BCUT2D eigenvalue weighted by Gasteiger charge is -2.36. The van der Waals surface area contributed by atoms with Crippen LogP contribution in [0.1, 0.15) is 18.9 Å². The number of piperazine rings is 1. The normalized spacial score (nSPS) is 15.6. The lowest BCUT2D eigenvalue weighted by atomic mass is 10.1. The zero-order chi connectivity index (χ0) is 36.3. The van der Waals surface area contributed by atoms with Crippen molar-refractivity contribution in [2.24, 2.45) is 0 Å². The van der Waals surface area contributed by atoms with E-state index in [4.69, 9.17) is 9.47 Å². The minimum atomic E-state index is -4.43. The molecule has 0 saturated carbocycles. The van der Waals surface area contributed by atoms with E-state index in [9.17, 15) is 38.2 Å². The molecule has 12 nitrogen and oxygen atoms in total. The van der Waals surface area contributed by atoms with E-state index in [2.05, 4.69) is 9.80 Å². The first-order valence-electron chi connectivity index (χ1n) is 16.3. The molecule has 1 fully saturated rings. The van der Waals surface area contributed by atoms with Crippen molar-refractivity contribution in [3.8, 4) is 5.75 Å². The average molecular weight is 726 g/mol. The van der Waals surface area contributed by atoms with Crippen LogP contribution in [0.4, 0.5) is 35.9 Å². The second kappa shape index (κ2) is 15.1. The molecule has 16 heteroatoms. The summed E-state index contributed by atoms with van der Waals surface area (Å²) in [6.07, 6.45) is -4.91. The second-order valence-electron chi connectivity index (χ2n) is 12.2. The van der Waals surface area contributed by atoms with Gasteiger partial charge in [0.1, 0.15) is 6.61 Å². The van der Waals surface area contributed by atoms with Gasteiger partial charge in [-0.3, -0.25) is 25.1 Å². The first kappa shape index (κ1) is 35.9. The van der Waals surface area contributed by atoms with Crippen molar-refractivity contribution in [1.82, 2.24) is 9.80 Å². The number of nitro groups is 2. The van der Waals surface area contributed by atoms with Crippen molar-refractivity contribution in [2.45, 2.75) is 35.4 Å². The lowest BCUT2D eigenvalue weighted by Crippen LogP contribution is -2.48. The monoisotopic (exact) mass is 725 g/mol. The van der Waals surface area contributed by atoms with Crippen molar-refractivity contribution in [1.29, 1.82) is 0 Å². The third kappa shape index (κ3) is 8.02. The number of esters is 1. The van der Waals surface area contributed by atoms with E-state index in [0.717, 1.165) is 66.8 Å². The summed E-state index contributed by atoms with van der Waals surface area (Å²) in [5, 5.41) is 23.6. The predicted octanol–water partition coefficient (Wildman–Crippen LogP) is 7.30. The number of anilines is 2. The van der Waals surface area contributed by atoms with E-state index in [1.54, 1.807) is 18.2 Å². The van der Waals surface area contributed by atoms with Crippen LogP contribution in [-0.2, 0) is 15.7 Å². The number of non-ortho nitro benzene ring substituents is 1. The van der Waals surface area contributed by atoms with E-state index < -0.39 is 45.0 Å². The van der Waals surface area contributed by atoms with Crippen LogP contribution in [0, 0.1) is 20.2 Å². The van der Waals surface area contributed by atoms with Gasteiger partial charge in [0.15, 0.2) is 6.10 Å². The zero-order valence-electron chi connectivity index (χ0n) is 27.5. The smallest absolute Gasteiger partial charge is 0.416 e. The Kier molecular flexibility index (Phi) is 10.6. The predicted molar refractivity (Wildman–Crippen MR) is 185 cm³/mol.